The van der Waals surface area contributed by atoms with E-state index in [4.69, 9.17) is 19.4 Å². The molecule has 0 atom stereocenters. The first-order chi connectivity index (χ1) is 26.8. The second-order valence-corrected chi connectivity index (χ2v) is 13.5. The van der Waals surface area contributed by atoms with E-state index in [1.807, 2.05) is 155 Å². The van der Waals surface area contributed by atoms with Crippen molar-refractivity contribution >= 4 is 48.6 Å². The van der Waals surface area contributed by atoms with Crippen molar-refractivity contribution in [2.45, 2.75) is 0 Å². The van der Waals surface area contributed by atoms with E-state index < -0.39 is 17.2 Å². The Hall–Kier alpha value is -7.32. The molecule has 0 aliphatic heterocycles. The zero-order chi connectivity index (χ0) is 37.8. The van der Waals surface area contributed by atoms with Crippen molar-refractivity contribution in [1.29, 1.82) is 0 Å². The highest BCUT2D eigenvalue weighted by Gasteiger charge is 2.30. The van der Waals surface area contributed by atoms with Crippen LogP contribution in [-0.4, -0.2) is 51.1 Å². The summed E-state index contributed by atoms with van der Waals surface area (Å²) in [6.07, 6.45) is 0. The normalized spacial score (nSPS) is 11.3. The molecule has 8 nitrogen and oxygen atoms in total. The Morgan fingerprint density at radius 1 is 0.364 bits per heavy atom. The quantitative estimate of drug-likeness (QED) is 0.106. The SMILES string of the molecule is Bc1c(-c2nc(-c3ccccc3)nc(-c3cccc(-c4ccccc4)c3)n2)c(O)c2oc3c(O)c(O)c(O)c(-c4ccc(-c5ccccc5)cc4)c3c2c1B. The second-order valence-electron chi connectivity index (χ2n) is 13.5. The van der Waals surface area contributed by atoms with E-state index in [1.165, 1.54) is 0 Å². The zero-order valence-electron chi connectivity index (χ0n) is 29.8. The van der Waals surface area contributed by atoms with Crippen molar-refractivity contribution < 1.29 is 24.8 Å². The van der Waals surface area contributed by atoms with Crippen molar-refractivity contribution in [3.05, 3.63) is 140 Å². The standard InChI is InChI=1S/C45H31B2N3O5/c46-35-33-32-31(27-21-19-26(20-22-27)24-11-4-1-5-12-24)37(51)39(53)40(54)41(32)55-42(33)38(52)34(36(35)47)45-49-43(28-15-8-3-9-16-28)48-44(50-45)30-18-10-17-29(23-30)25-13-6-2-7-14-25/h1-23,51-54H,46-47H2. The summed E-state index contributed by atoms with van der Waals surface area (Å²) in [4.78, 5) is 14.7. The number of nitrogens with zero attached hydrogens (tertiary/aromatic N) is 3. The average molecular weight is 715 g/mol. The van der Waals surface area contributed by atoms with Gasteiger partial charge in [-0.3, -0.25) is 0 Å². The lowest BCUT2D eigenvalue weighted by Gasteiger charge is -2.15. The number of rotatable bonds is 6. The minimum atomic E-state index is -0.727. The molecular formula is C45H31B2N3O5. The molecule has 55 heavy (non-hydrogen) atoms. The second kappa shape index (κ2) is 13.3. The van der Waals surface area contributed by atoms with E-state index in [0.29, 0.717) is 44.5 Å². The minimum Gasteiger partial charge on any atom is -0.504 e. The van der Waals surface area contributed by atoms with Gasteiger partial charge in [-0.25, -0.2) is 15.0 Å². The molecule has 0 radical (unpaired) electrons. The highest BCUT2D eigenvalue weighted by molar-refractivity contribution is 6.56. The average Bonchev–Trinajstić information content (AvgIpc) is 3.64. The number of phenols is 4. The van der Waals surface area contributed by atoms with Crippen LogP contribution in [0.5, 0.6) is 23.0 Å². The lowest BCUT2D eigenvalue weighted by Crippen LogP contribution is -2.29. The molecule has 0 bridgehead atoms. The Balaban J connectivity index is 1.27. The van der Waals surface area contributed by atoms with E-state index in [1.54, 1.807) is 0 Å². The fraction of sp³-hybridized carbons (Fsp3) is 0. The van der Waals surface area contributed by atoms with Crippen LogP contribution in [0.1, 0.15) is 0 Å². The van der Waals surface area contributed by atoms with Crippen LogP contribution in [0.2, 0.25) is 0 Å². The van der Waals surface area contributed by atoms with Gasteiger partial charge in [0, 0.05) is 27.5 Å². The van der Waals surface area contributed by atoms with Crippen LogP contribution in [0.3, 0.4) is 0 Å². The maximum atomic E-state index is 12.2. The van der Waals surface area contributed by atoms with Crippen molar-refractivity contribution in [2.75, 3.05) is 0 Å². The van der Waals surface area contributed by atoms with Crippen LogP contribution in [0.4, 0.5) is 0 Å². The molecule has 2 aromatic heterocycles. The van der Waals surface area contributed by atoms with Gasteiger partial charge in [-0.2, -0.15) is 0 Å². The Kier molecular flexibility index (Phi) is 8.08. The van der Waals surface area contributed by atoms with Gasteiger partial charge >= 0.3 is 0 Å². The summed E-state index contributed by atoms with van der Waals surface area (Å²) >= 11 is 0. The molecule has 0 aliphatic carbocycles. The van der Waals surface area contributed by atoms with Crippen LogP contribution >= 0.6 is 0 Å². The topological polar surface area (TPSA) is 133 Å². The van der Waals surface area contributed by atoms with Crippen LogP contribution < -0.4 is 10.9 Å². The smallest absolute Gasteiger partial charge is 0.205 e. The fourth-order valence-corrected chi connectivity index (χ4v) is 7.30. The molecule has 4 N–H and O–H groups in total. The fourth-order valence-electron chi connectivity index (χ4n) is 7.30. The maximum absolute atomic E-state index is 12.2. The van der Waals surface area contributed by atoms with Crippen molar-refractivity contribution in [3.63, 3.8) is 0 Å². The van der Waals surface area contributed by atoms with Gasteiger partial charge in [0.2, 0.25) is 11.5 Å². The Bertz CT molecular complexity index is 2920. The van der Waals surface area contributed by atoms with Gasteiger partial charge in [0.15, 0.2) is 40.1 Å². The number of hydrogen-bond acceptors (Lipinski definition) is 8. The molecule has 7 aromatic carbocycles. The number of fused-ring (bicyclic) bond motifs is 3. The van der Waals surface area contributed by atoms with Gasteiger partial charge in [0.1, 0.15) is 15.7 Å². The van der Waals surface area contributed by atoms with Crippen LogP contribution in [0.15, 0.2) is 144 Å². The Labute approximate surface area is 317 Å². The summed E-state index contributed by atoms with van der Waals surface area (Å²) in [6, 6.07) is 45.0. The van der Waals surface area contributed by atoms with Gasteiger partial charge < -0.3 is 24.8 Å². The van der Waals surface area contributed by atoms with Crippen LogP contribution in [0.25, 0.3) is 89.5 Å². The summed E-state index contributed by atoms with van der Waals surface area (Å²) in [6.45, 7) is 0. The number of furan rings is 1. The highest BCUT2D eigenvalue weighted by atomic mass is 16.4. The molecule has 0 fully saturated rings. The molecule has 10 heteroatoms. The van der Waals surface area contributed by atoms with Gasteiger partial charge in [-0.1, -0.05) is 144 Å². The molecule has 0 aliphatic rings. The van der Waals surface area contributed by atoms with E-state index in [0.717, 1.165) is 33.4 Å². The first kappa shape index (κ1) is 33.5. The molecular weight excluding hydrogens is 684 g/mol. The van der Waals surface area contributed by atoms with Crippen molar-refractivity contribution in [1.82, 2.24) is 15.0 Å². The predicted octanol–water partition coefficient (Wildman–Crippen LogP) is 7.11. The first-order valence-corrected chi connectivity index (χ1v) is 17.8. The van der Waals surface area contributed by atoms with Crippen molar-refractivity contribution in [3.8, 4) is 90.5 Å². The van der Waals surface area contributed by atoms with E-state index in [2.05, 4.69) is 0 Å². The minimum absolute atomic E-state index is 0.0462. The summed E-state index contributed by atoms with van der Waals surface area (Å²) < 4.78 is 6.26. The van der Waals surface area contributed by atoms with Gasteiger partial charge in [0.25, 0.3) is 0 Å². The van der Waals surface area contributed by atoms with E-state index >= 15 is 0 Å². The molecule has 2 heterocycles. The van der Waals surface area contributed by atoms with Crippen molar-refractivity contribution in [2.24, 2.45) is 0 Å². The summed E-state index contributed by atoms with van der Waals surface area (Å²) in [5, 5.41) is 46.5. The first-order valence-electron chi connectivity index (χ1n) is 17.8. The number of hydrogen-bond donors (Lipinski definition) is 4. The molecule has 262 valence electrons. The largest absolute Gasteiger partial charge is 0.504 e. The summed E-state index contributed by atoms with van der Waals surface area (Å²) in [5.41, 5.74) is 8.04. The maximum Gasteiger partial charge on any atom is 0.205 e. The lowest BCUT2D eigenvalue weighted by atomic mass is 9.74. The number of benzene rings is 7. The van der Waals surface area contributed by atoms with Gasteiger partial charge in [0.05, 0.1) is 5.56 Å². The lowest BCUT2D eigenvalue weighted by molar-refractivity contribution is 0.368. The molecule has 0 saturated carbocycles. The Morgan fingerprint density at radius 2 is 0.836 bits per heavy atom. The third kappa shape index (κ3) is 5.63. The van der Waals surface area contributed by atoms with Crippen LogP contribution in [-0.2, 0) is 0 Å². The molecule has 0 amide bonds. The number of aromatic hydroxyl groups is 4. The third-order valence-corrected chi connectivity index (χ3v) is 10.2. The Morgan fingerprint density at radius 3 is 1.47 bits per heavy atom. The monoisotopic (exact) mass is 715 g/mol. The van der Waals surface area contributed by atoms with Gasteiger partial charge in [-0.05, 0) is 33.9 Å². The van der Waals surface area contributed by atoms with Gasteiger partial charge in [-0.15, -0.1) is 0 Å². The predicted molar refractivity (Wildman–Crippen MR) is 223 cm³/mol. The molecule has 9 rings (SSSR count). The molecule has 9 aromatic rings. The highest BCUT2D eigenvalue weighted by Crippen LogP contribution is 2.53. The third-order valence-electron chi connectivity index (χ3n) is 10.2. The molecule has 0 spiro atoms. The van der Waals surface area contributed by atoms with Crippen LogP contribution in [0, 0.1) is 0 Å². The molecule has 0 unspecified atom stereocenters. The van der Waals surface area contributed by atoms with E-state index in [-0.39, 0.29) is 28.3 Å². The summed E-state index contributed by atoms with van der Waals surface area (Å²) in [7, 11) is 3.74. The number of aromatic nitrogens is 3. The molecule has 0 saturated heterocycles. The van der Waals surface area contributed by atoms with E-state index in [9.17, 15) is 20.4 Å². The zero-order valence-corrected chi connectivity index (χ0v) is 29.8. The number of phenolic OH excluding ortho intramolecular Hbond substituents is 4. The summed E-state index contributed by atoms with van der Waals surface area (Å²) in [5.74, 6) is -1.08.